The Morgan fingerprint density at radius 1 is 0.439 bits per heavy atom. The van der Waals surface area contributed by atoms with E-state index in [0.29, 0.717) is 22.8 Å². The number of rotatable bonds is 32. The zero-order valence-corrected chi connectivity index (χ0v) is 39.7. The SMILES string of the molecule is CCCCCCCCCCCCOc1ccc(C=Nc2ccc(C(=O)Nc3cccc(NC(=O)c4ccc(N=Cc5ccc(OCCCCCCCCCCCC)cc5)cc4)n3)cc2)cc1. The van der Waals surface area contributed by atoms with E-state index in [1.165, 1.54) is 116 Å². The van der Waals surface area contributed by atoms with Crippen molar-refractivity contribution in [2.24, 2.45) is 9.98 Å². The number of aromatic nitrogens is 1. The minimum absolute atomic E-state index is 0.314. The molecule has 5 rings (SSSR count). The van der Waals surface area contributed by atoms with Crippen molar-refractivity contribution in [1.82, 2.24) is 4.98 Å². The van der Waals surface area contributed by atoms with E-state index in [-0.39, 0.29) is 11.8 Å². The number of ether oxygens (including phenoxy) is 2. The van der Waals surface area contributed by atoms with Crippen molar-refractivity contribution in [3.63, 3.8) is 0 Å². The van der Waals surface area contributed by atoms with Crippen LogP contribution >= 0.6 is 0 Å². The summed E-state index contributed by atoms with van der Waals surface area (Å²) in [5.41, 5.74) is 4.28. The van der Waals surface area contributed by atoms with Gasteiger partial charge in [0, 0.05) is 23.6 Å². The van der Waals surface area contributed by atoms with Crippen LogP contribution in [0.25, 0.3) is 0 Å². The molecule has 0 atom stereocenters. The summed E-state index contributed by atoms with van der Waals surface area (Å²) in [6, 6.07) is 35.0. The summed E-state index contributed by atoms with van der Waals surface area (Å²) in [5.74, 6) is 1.71. The van der Waals surface area contributed by atoms with E-state index >= 15 is 0 Å². The number of anilines is 2. The van der Waals surface area contributed by atoms with E-state index in [1.807, 2.05) is 48.5 Å². The number of unbranched alkanes of at least 4 members (excludes halogenated alkanes) is 18. The maximum atomic E-state index is 13.1. The second-order valence-corrected chi connectivity index (χ2v) is 17.1. The molecule has 0 aliphatic carbocycles. The van der Waals surface area contributed by atoms with Gasteiger partial charge in [0.15, 0.2) is 0 Å². The maximum Gasteiger partial charge on any atom is 0.256 e. The molecule has 1 aromatic heterocycles. The standard InChI is InChI=1S/C57H73N5O4/c1-3-5-7-9-11-13-15-17-19-21-42-65-52-38-26-46(27-39-52)44-58-50-34-30-48(31-35-50)56(63)61-54-24-23-25-55(60-54)62-57(64)49-32-36-51(37-33-49)59-45-47-28-40-53(41-29-47)66-43-22-20-18-16-14-12-10-8-6-4-2/h23-41,44-45H,3-22,42-43H2,1-2H3,(H2,60,61,62,63,64). The lowest BCUT2D eigenvalue weighted by Gasteiger charge is -2.08. The summed E-state index contributed by atoms with van der Waals surface area (Å²) in [4.78, 5) is 39.7. The number of nitrogens with zero attached hydrogens (tertiary/aromatic N) is 3. The fraction of sp³-hybridized carbons (Fsp3) is 0.421. The Kier molecular flexibility index (Phi) is 23.9. The van der Waals surface area contributed by atoms with Gasteiger partial charge in [-0.2, -0.15) is 0 Å². The van der Waals surface area contributed by atoms with Crippen molar-refractivity contribution in [3.8, 4) is 11.5 Å². The minimum atomic E-state index is -0.324. The van der Waals surface area contributed by atoms with Gasteiger partial charge in [-0.05, 0) is 133 Å². The Morgan fingerprint density at radius 3 is 1.12 bits per heavy atom. The van der Waals surface area contributed by atoms with Gasteiger partial charge in [-0.15, -0.1) is 0 Å². The Bertz CT molecular complexity index is 2020. The van der Waals surface area contributed by atoms with E-state index in [0.717, 1.165) is 60.1 Å². The normalized spacial score (nSPS) is 11.3. The van der Waals surface area contributed by atoms with Crippen LogP contribution in [-0.2, 0) is 0 Å². The molecule has 2 N–H and O–H groups in total. The molecule has 0 saturated heterocycles. The van der Waals surface area contributed by atoms with Crippen LogP contribution in [0.5, 0.6) is 11.5 Å². The first kappa shape index (κ1) is 50.9. The minimum Gasteiger partial charge on any atom is -0.494 e. The smallest absolute Gasteiger partial charge is 0.256 e. The number of pyridine rings is 1. The second-order valence-electron chi connectivity index (χ2n) is 17.1. The highest BCUT2D eigenvalue weighted by atomic mass is 16.5. The predicted molar refractivity (Wildman–Crippen MR) is 275 cm³/mol. The molecule has 0 bridgehead atoms. The molecule has 9 heteroatoms. The number of carbonyl (C=O) groups excluding carboxylic acids is 2. The number of benzene rings is 4. The summed E-state index contributed by atoms with van der Waals surface area (Å²) in [6.45, 7) is 6.00. The highest BCUT2D eigenvalue weighted by Gasteiger charge is 2.11. The Morgan fingerprint density at radius 2 is 0.773 bits per heavy atom. The van der Waals surface area contributed by atoms with Crippen LogP contribution in [0, 0.1) is 0 Å². The molecule has 0 spiro atoms. The third kappa shape index (κ3) is 20.4. The first-order valence-electron chi connectivity index (χ1n) is 24.8. The molecule has 0 fully saturated rings. The zero-order valence-electron chi connectivity index (χ0n) is 39.7. The fourth-order valence-corrected chi connectivity index (χ4v) is 7.51. The van der Waals surface area contributed by atoms with Crippen molar-refractivity contribution in [3.05, 3.63) is 138 Å². The lowest BCUT2D eigenvalue weighted by Crippen LogP contribution is -2.15. The summed E-state index contributed by atoms with van der Waals surface area (Å²) in [5, 5.41) is 5.64. The molecule has 66 heavy (non-hydrogen) atoms. The lowest BCUT2D eigenvalue weighted by molar-refractivity contribution is 0.101. The van der Waals surface area contributed by atoms with Crippen molar-refractivity contribution in [2.75, 3.05) is 23.8 Å². The largest absolute Gasteiger partial charge is 0.494 e. The second kappa shape index (κ2) is 30.9. The molecule has 4 aromatic carbocycles. The summed E-state index contributed by atoms with van der Waals surface area (Å²) in [7, 11) is 0. The quantitative estimate of drug-likeness (QED) is 0.0330. The van der Waals surface area contributed by atoms with Crippen LogP contribution in [-0.4, -0.2) is 42.4 Å². The van der Waals surface area contributed by atoms with Crippen LogP contribution in [0.4, 0.5) is 23.0 Å². The molecule has 0 aliphatic rings. The Hall–Kier alpha value is -6.09. The van der Waals surface area contributed by atoms with Gasteiger partial charge < -0.3 is 20.1 Å². The van der Waals surface area contributed by atoms with E-state index < -0.39 is 0 Å². The van der Waals surface area contributed by atoms with Crippen molar-refractivity contribution < 1.29 is 19.1 Å². The van der Waals surface area contributed by atoms with E-state index in [9.17, 15) is 9.59 Å². The van der Waals surface area contributed by atoms with Crippen molar-refractivity contribution in [2.45, 2.75) is 142 Å². The zero-order chi connectivity index (χ0) is 46.3. The van der Waals surface area contributed by atoms with Crippen molar-refractivity contribution in [1.29, 1.82) is 0 Å². The highest BCUT2D eigenvalue weighted by Crippen LogP contribution is 2.20. The van der Waals surface area contributed by atoms with Crippen LogP contribution in [0.2, 0.25) is 0 Å². The fourth-order valence-electron chi connectivity index (χ4n) is 7.51. The molecule has 1 heterocycles. The first-order valence-corrected chi connectivity index (χ1v) is 24.8. The van der Waals surface area contributed by atoms with Crippen LogP contribution in [0.3, 0.4) is 0 Å². The predicted octanol–water partition coefficient (Wildman–Crippen LogP) is 15.7. The van der Waals surface area contributed by atoms with Gasteiger partial charge in [-0.25, -0.2) is 4.98 Å². The van der Waals surface area contributed by atoms with Crippen LogP contribution in [0.15, 0.2) is 125 Å². The van der Waals surface area contributed by atoms with Gasteiger partial charge in [-0.1, -0.05) is 135 Å². The number of aliphatic imine (C=N–C) groups is 2. The number of nitrogens with one attached hydrogen (secondary N) is 2. The van der Waals surface area contributed by atoms with Gasteiger partial charge >= 0.3 is 0 Å². The molecule has 0 unspecified atom stereocenters. The lowest BCUT2D eigenvalue weighted by atomic mass is 10.1. The summed E-state index contributed by atoms with van der Waals surface area (Å²) < 4.78 is 11.9. The first-order chi connectivity index (χ1) is 32.5. The molecular formula is C57H73N5O4. The third-order valence-electron chi connectivity index (χ3n) is 11.5. The average molecular weight is 892 g/mol. The van der Waals surface area contributed by atoms with E-state index in [2.05, 4.69) is 39.4 Å². The molecule has 5 aromatic rings. The number of hydrogen-bond acceptors (Lipinski definition) is 7. The monoisotopic (exact) mass is 892 g/mol. The molecule has 0 aliphatic heterocycles. The molecule has 2 amide bonds. The number of hydrogen-bond donors (Lipinski definition) is 2. The van der Waals surface area contributed by atoms with Gasteiger partial charge in [-0.3, -0.25) is 19.6 Å². The Balaban J connectivity index is 0.970. The molecular weight excluding hydrogens is 819 g/mol. The van der Waals surface area contributed by atoms with Gasteiger partial charge in [0.1, 0.15) is 23.1 Å². The maximum absolute atomic E-state index is 13.1. The Labute approximate surface area is 395 Å². The van der Waals surface area contributed by atoms with E-state index in [1.54, 1.807) is 79.2 Å². The number of amides is 2. The van der Waals surface area contributed by atoms with Gasteiger partial charge in [0.25, 0.3) is 11.8 Å². The molecule has 350 valence electrons. The van der Waals surface area contributed by atoms with Crippen LogP contribution < -0.4 is 20.1 Å². The molecule has 0 saturated carbocycles. The van der Waals surface area contributed by atoms with Gasteiger partial charge in [0.2, 0.25) is 0 Å². The van der Waals surface area contributed by atoms with Crippen molar-refractivity contribution >= 4 is 47.3 Å². The highest BCUT2D eigenvalue weighted by molar-refractivity contribution is 6.05. The van der Waals surface area contributed by atoms with Gasteiger partial charge in [0.05, 0.1) is 24.6 Å². The molecule has 9 nitrogen and oxygen atoms in total. The van der Waals surface area contributed by atoms with E-state index in [4.69, 9.17) is 9.47 Å². The summed E-state index contributed by atoms with van der Waals surface area (Å²) >= 11 is 0. The average Bonchev–Trinajstić information content (AvgIpc) is 3.34. The third-order valence-corrected chi connectivity index (χ3v) is 11.5. The van der Waals surface area contributed by atoms with Crippen LogP contribution in [0.1, 0.15) is 174 Å². The molecule has 0 radical (unpaired) electrons. The summed E-state index contributed by atoms with van der Waals surface area (Å²) in [6.07, 6.45) is 29.7. The number of carbonyl (C=O) groups is 2. The topological polar surface area (TPSA) is 114 Å².